The van der Waals surface area contributed by atoms with Crippen LogP contribution in [0.4, 0.5) is 0 Å². The fourth-order valence-electron chi connectivity index (χ4n) is 1.84. The molecule has 5 nitrogen and oxygen atoms in total. The first-order valence-electron chi connectivity index (χ1n) is 5.84. The normalized spacial score (nSPS) is 20.7. The highest BCUT2D eigenvalue weighted by molar-refractivity contribution is 5.84. The molecule has 5 heteroatoms. The number of hydrogen-bond acceptors (Lipinski definition) is 4. The molecule has 0 aromatic carbocycles. The van der Waals surface area contributed by atoms with Gasteiger partial charge in [0.05, 0.1) is 5.71 Å². The third-order valence-corrected chi connectivity index (χ3v) is 2.58. The molecule has 0 radical (unpaired) electrons. The first-order valence-corrected chi connectivity index (χ1v) is 5.84. The standard InChI is InChI=1S/C11H20N2O3/c1-2-6-13-7-3-4-10(5-8-13)12-16-9-11(14)15/h2-9H2,1H3,(H,14,15). The monoisotopic (exact) mass is 228 g/mol. The Balaban J connectivity index is 2.31. The van der Waals surface area contributed by atoms with Crippen molar-refractivity contribution in [1.82, 2.24) is 4.90 Å². The second-order valence-electron chi connectivity index (χ2n) is 4.02. The minimum atomic E-state index is -0.981. The van der Waals surface area contributed by atoms with Crippen LogP contribution < -0.4 is 0 Å². The Morgan fingerprint density at radius 1 is 1.50 bits per heavy atom. The van der Waals surface area contributed by atoms with Gasteiger partial charge in [-0.3, -0.25) is 0 Å². The molecule has 1 aliphatic rings. The van der Waals surface area contributed by atoms with Crippen molar-refractivity contribution >= 4 is 11.7 Å². The molecular weight excluding hydrogens is 208 g/mol. The number of likely N-dealkylation sites (tertiary alicyclic amines) is 1. The molecule has 1 heterocycles. The average molecular weight is 228 g/mol. The number of carbonyl (C=O) groups is 1. The van der Waals surface area contributed by atoms with E-state index in [-0.39, 0.29) is 6.61 Å². The number of rotatable bonds is 5. The highest BCUT2D eigenvalue weighted by Gasteiger charge is 2.12. The Morgan fingerprint density at radius 2 is 2.31 bits per heavy atom. The molecule has 0 aromatic rings. The van der Waals surface area contributed by atoms with E-state index in [1.54, 1.807) is 0 Å². The fraction of sp³-hybridized carbons (Fsp3) is 0.818. The molecule has 1 aliphatic heterocycles. The van der Waals surface area contributed by atoms with E-state index in [9.17, 15) is 4.79 Å². The van der Waals surface area contributed by atoms with Gasteiger partial charge in [-0.2, -0.15) is 0 Å². The van der Waals surface area contributed by atoms with Crippen LogP contribution in [0, 0.1) is 0 Å². The number of aliphatic carboxylic acids is 1. The maximum absolute atomic E-state index is 10.2. The van der Waals surface area contributed by atoms with Crippen LogP contribution in [0.25, 0.3) is 0 Å². The lowest BCUT2D eigenvalue weighted by atomic mass is 10.2. The van der Waals surface area contributed by atoms with E-state index >= 15 is 0 Å². The minimum Gasteiger partial charge on any atom is -0.479 e. The van der Waals surface area contributed by atoms with Crippen molar-refractivity contribution in [3.63, 3.8) is 0 Å². The maximum atomic E-state index is 10.2. The Kier molecular flexibility index (Phi) is 5.85. The molecule has 0 spiro atoms. The maximum Gasteiger partial charge on any atom is 0.344 e. The predicted molar refractivity (Wildman–Crippen MR) is 61.6 cm³/mol. The van der Waals surface area contributed by atoms with Gasteiger partial charge in [-0.05, 0) is 32.4 Å². The topological polar surface area (TPSA) is 62.1 Å². The quantitative estimate of drug-likeness (QED) is 0.721. The third-order valence-electron chi connectivity index (χ3n) is 2.58. The van der Waals surface area contributed by atoms with Crippen molar-refractivity contribution in [1.29, 1.82) is 0 Å². The zero-order chi connectivity index (χ0) is 11.8. The summed E-state index contributed by atoms with van der Waals surface area (Å²) in [6.45, 7) is 5.07. The summed E-state index contributed by atoms with van der Waals surface area (Å²) in [5.74, 6) is -0.981. The first kappa shape index (κ1) is 13.0. The van der Waals surface area contributed by atoms with Crippen LogP contribution in [0.2, 0.25) is 0 Å². The van der Waals surface area contributed by atoms with Crippen LogP contribution in [0.5, 0.6) is 0 Å². The lowest BCUT2D eigenvalue weighted by Gasteiger charge is -2.17. The summed E-state index contributed by atoms with van der Waals surface area (Å²) in [4.78, 5) is 17.4. The van der Waals surface area contributed by atoms with Gasteiger partial charge in [0.2, 0.25) is 6.61 Å². The molecule has 0 saturated carbocycles. The van der Waals surface area contributed by atoms with Crippen LogP contribution in [-0.2, 0) is 9.63 Å². The zero-order valence-corrected chi connectivity index (χ0v) is 9.81. The van der Waals surface area contributed by atoms with Gasteiger partial charge in [-0.25, -0.2) is 4.79 Å². The van der Waals surface area contributed by atoms with Gasteiger partial charge < -0.3 is 14.8 Å². The van der Waals surface area contributed by atoms with E-state index in [2.05, 4.69) is 17.0 Å². The van der Waals surface area contributed by atoms with Crippen molar-refractivity contribution in [2.75, 3.05) is 26.2 Å². The van der Waals surface area contributed by atoms with Crippen molar-refractivity contribution < 1.29 is 14.7 Å². The molecular formula is C11H20N2O3. The van der Waals surface area contributed by atoms with E-state index in [0.717, 1.165) is 44.6 Å². The fourth-order valence-corrected chi connectivity index (χ4v) is 1.84. The third kappa shape index (κ3) is 5.11. The molecule has 0 aromatic heterocycles. The second kappa shape index (κ2) is 7.22. The van der Waals surface area contributed by atoms with Crippen molar-refractivity contribution in [3.05, 3.63) is 0 Å². The summed E-state index contributed by atoms with van der Waals surface area (Å²) < 4.78 is 0. The van der Waals surface area contributed by atoms with Gasteiger partial charge in [-0.1, -0.05) is 12.1 Å². The average Bonchev–Trinajstić information content (AvgIpc) is 2.44. The lowest BCUT2D eigenvalue weighted by Crippen LogP contribution is -2.25. The van der Waals surface area contributed by atoms with Gasteiger partial charge in [0.25, 0.3) is 0 Å². The molecule has 0 atom stereocenters. The van der Waals surface area contributed by atoms with Gasteiger partial charge >= 0.3 is 5.97 Å². The molecule has 1 fully saturated rings. The molecule has 0 aliphatic carbocycles. The second-order valence-corrected chi connectivity index (χ2v) is 4.02. The number of oxime groups is 1. The Hall–Kier alpha value is -1.10. The van der Waals surface area contributed by atoms with Gasteiger partial charge in [0, 0.05) is 13.0 Å². The van der Waals surface area contributed by atoms with E-state index in [4.69, 9.17) is 9.94 Å². The molecule has 0 unspecified atom stereocenters. The highest BCUT2D eigenvalue weighted by atomic mass is 16.6. The molecule has 92 valence electrons. The van der Waals surface area contributed by atoms with Crippen LogP contribution in [0.1, 0.15) is 32.6 Å². The number of hydrogen-bond donors (Lipinski definition) is 1. The minimum absolute atomic E-state index is 0.345. The lowest BCUT2D eigenvalue weighted by molar-refractivity contribution is -0.142. The summed E-state index contributed by atoms with van der Waals surface area (Å²) in [5, 5.41) is 12.3. The number of carboxylic acids is 1. The molecule has 1 rings (SSSR count). The van der Waals surface area contributed by atoms with Gasteiger partial charge in [0.15, 0.2) is 0 Å². The summed E-state index contributed by atoms with van der Waals surface area (Å²) in [7, 11) is 0. The molecule has 1 saturated heterocycles. The molecule has 1 N–H and O–H groups in total. The smallest absolute Gasteiger partial charge is 0.344 e. The predicted octanol–water partition coefficient (Wildman–Crippen LogP) is 1.34. The summed E-state index contributed by atoms with van der Waals surface area (Å²) in [5.41, 5.74) is 0.986. The molecule has 0 bridgehead atoms. The van der Waals surface area contributed by atoms with Crippen LogP contribution in [0.15, 0.2) is 5.16 Å². The van der Waals surface area contributed by atoms with Crippen LogP contribution in [0.3, 0.4) is 0 Å². The van der Waals surface area contributed by atoms with Gasteiger partial charge in [-0.15, -0.1) is 0 Å². The van der Waals surface area contributed by atoms with Crippen LogP contribution in [-0.4, -0.2) is 47.9 Å². The molecule has 16 heavy (non-hydrogen) atoms. The van der Waals surface area contributed by atoms with E-state index in [1.807, 2.05) is 0 Å². The largest absolute Gasteiger partial charge is 0.479 e. The van der Waals surface area contributed by atoms with E-state index < -0.39 is 5.97 Å². The Labute approximate surface area is 96.1 Å². The van der Waals surface area contributed by atoms with E-state index in [0.29, 0.717) is 0 Å². The summed E-state index contributed by atoms with van der Waals surface area (Å²) in [6, 6.07) is 0. The van der Waals surface area contributed by atoms with Crippen molar-refractivity contribution in [3.8, 4) is 0 Å². The van der Waals surface area contributed by atoms with E-state index in [1.165, 1.54) is 6.42 Å². The SMILES string of the molecule is CCCN1CCCC(=NOCC(=O)O)CC1. The van der Waals surface area contributed by atoms with Crippen molar-refractivity contribution in [2.45, 2.75) is 32.6 Å². The Bertz CT molecular complexity index is 254. The van der Waals surface area contributed by atoms with Gasteiger partial charge in [0.1, 0.15) is 0 Å². The van der Waals surface area contributed by atoms with Crippen LogP contribution >= 0.6 is 0 Å². The highest BCUT2D eigenvalue weighted by Crippen LogP contribution is 2.09. The number of carboxylic acid groups (broad SMARTS) is 1. The van der Waals surface area contributed by atoms with Crippen molar-refractivity contribution in [2.24, 2.45) is 5.16 Å². The summed E-state index contributed by atoms with van der Waals surface area (Å²) in [6.07, 6.45) is 4.05. The number of nitrogens with zero attached hydrogens (tertiary/aromatic N) is 2. The summed E-state index contributed by atoms with van der Waals surface area (Å²) >= 11 is 0. The molecule has 0 amide bonds. The zero-order valence-electron chi connectivity index (χ0n) is 9.81. The first-order chi connectivity index (χ1) is 7.72. The Morgan fingerprint density at radius 3 is 3.00 bits per heavy atom.